The summed E-state index contributed by atoms with van der Waals surface area (Å²) in [5.74, 6) is -1.93. The number of amides is 3. The lowest BCUT2D eigenvalue weighted by Crippen LogP contribution is -2.35. The number of benzene rings is 5. The van der Waals surface area contributed by atoms with E-state index in [4.69, 9.17) is 32.7 Å². The largest absolute Gasteiger partial charge is 0.457 e. The van der Waals surface area contributed by atoms with Crippen molar-refractivity contribution in [3.8, 4) is 23.0 Å². The second-order valence-corrected chi connectivity index (χ2v) is 11.6. The number of nitrogens with one attached hydrogen (secondary N) is 2. The first-order chi connectivity index (χ1) is 21.6. The maximum absolute atomic E-state index is 14.0. The van der Waals surface area contributed by atoms with Crippen LogP contribution in [0.3, 0.4) is 0 Å². The summed E-state index contributed by atoms with van der Waals surface area (Å²) in [6, 6.07) is 24.7. The van der Waals surface area contributed by atoms with Crippen LogP contribution in [0.1, 0.15) is 21.5 Å². The van der Waals surface area contributed by atoms with Crippen molar-refractivity contribution in [1.82, 2.24) is 5.32 Å². The molecule has 0 aromatic heterocycles. The molecule has 6 nitrogen and oxygen atoms in total. The molecule has 0 bridgehead atoms. The number of halogens is 4. The summed E-state index contributed by atoms with van der Waals surface area (Å²) in [7, 11) is 0. The predicted octanol–water partition coefficient (Wildman–Crippen LogP) is 10.6. The normalized spacial score (nSPS) is 10.7. The number of rotatable bonds is 8. The van der Waals surface area contributed by atoms with Crippen LogP contribution >= 0.6 is 35.0 Å². The van der Waals surface area contributed by atoms with Gasteiger partial charge in [-0.05, 0) is 86.1 Å². The molecule has 228 valence electrons. The zero-order chi connectivity index (χ0) is 32.1. The van der Waals surface area contributed by atoms with Gasteiger partial charge in [0.15, 0.2) is 5.75 Å². The van der Waals surface area contributed by atoms with Crippen molar-refractivity contribution >= 4 is 52.6 Å². The fourth-order valence-electron chi connectivity index (χ4n) is 4.20. The van der Waals surface area contributed by atoms with Gasteiger partial charge in [0.1, 0.15) is 34.4 Å². The van der Waals surface area contributed by atoms with Gasteiger partial charge in [-0.2, -0.15) is 0 Å². The van der Waals surface area contributed by atoms with Crippen molar-refractivity contribution in [2.24, 2.45) is 0 Å². The van der Waals surface area contributed by atoms with Gasteiger partial charge in [0.25, 0.3) is 5.91 Å². The van der Waals surface area contributed by atoms with Gasteiger partial charge in [-0.25, -0.2) is 13.6 Å². The van der Waals surface area contributed by atoms with Crippen molar-refractivity contribution in [3.63, 3.8) is 0 Å². The van der Waals surface area contributed by atoms with E-state index in [1.807, 2.05) is 55.6 Å². The third-order valence-corrected chi connectivity index (χ3v) is 8.53. The van der Waals surface area contributed by atoms with Crippen LogP contribution in [-0.4, -0.2) is 11.9 Å². The topological polar surface area (TPSA) is 76.7 Å². The summed E-state index contributed by atoms with van der Waals surface area (Å²) in [6.45, 7) is 3.78. The van der Waals surface area contributed by atoms with Crippen molar-refractivity contribution in [2.45, 2.75) is 23.6 Å². The lowest BCUT2D eigenvalue weighted by Gasteiger charge is -2.17. The molecular weight excluding hydrogens is 641 g/mol. The van der Waals surface area contributed by atoms with E-state index in [1.54, 1.807) is 36.4 Å². The number of carbonyl (C=O) groups is 2. The van der Waals surface area contributed by atoms with Gasteiger partial charge in [-0.1, -0.05) is 59.2 Å². The van der Waals surface area contributed by atoms with E-state index in [9.17, 15) is 18.4 Å². The Balaban J connectivity index is 1.39. The minimum absolute atomic E-state index is 0.158. The first-order valence-electron chi connectivity index (χ1n) is 13.4. The number of para-hydroxylation sites is 1. The van der Waals surface area contributed by atoms with E-state index in [-0.39, 0.29) is 11.4 Å². The standard InChI is InChI=1S/C34H24Cl2F2N2O4S/c1-19-17-28(20(2)31(36)32(19)45-24-14-11-21(35)12-15-24)44-23-13-16-27(29(18-23)43-22-7-4-3-5-8-22)39-34(42)40-33(41)30-25(37)9-6-10-26(30)38/h3-18H,1-2H3,(H2,39,40,41,42). The van der Waals surface area contributed by atoms with E-state index in [0.29, 0.717) is 32.9 Å². The fourth-order valence-corrected chi connectivity index (χ4v) is 5.66. The highest BCUT2D eigenvalue weighted by molar-refractivity contribution is 7.99. The van der Waals surface area contributed by atoms with Gasteiger partial charge in [0.05, 0.1) is 10.7 Å². The third kappa shape index (κ3) is 7.75. The van der Waals surface area contributed by atoms with Gasteiger partial charge in [0, 0.05) is 26.4 Å². The molecule has 0 radical (unpaired) electrons. The maximum atomic E-state index is 14.0. The highest BCUT2D eigenvalue weighted by atomic mass is 35.5. The average molecular weight is 666 g/mol. The minimum Gasteiger partial charge on any atom is -0.457 e. The first-order valence-corrected chi connectivity index (χ1v) is 15.0. The van der Waals surface area contributed by atoms with Crippen molar-refractivity contribution in [3.05, 3.63) is 135 Å². The second-order valence-electron chi connectivity index (χ2n) is 9.70. The summed E-state index contributed by atoms with van der Waals surface area (Å²) < 4.78 is 40.3. The van der Waals surface area contributed by atoms with Crippen molar-refractivity contribution in [2.75, 3.05) is 5.32 Å². The van der Waals surface area contributed by atoms with Crippen LogP contribution in [0, 0.1) is 25.5 Å². The molecule has 0 unspecified atom stereocenters. The Kier molecular flexibility index (Phi) is 9.93. The van der Waals surface area contributed by atoms with Crippen LogP contribution in [0.4, 0.5) is 19.3 Å². The highest BCUT2D eigenvalue weighted by Gasteiger charge is 2.21. The molecular formula is C34H24Cl2F2N2O4S. The molecule has 0 aliphatic carbocycles. The first kappa shape index (κ1) is 31.8. The number of aryl methyl sites for hydroxylation is 1. The number of imide groups is 1. The van der Waals surface area contributed by atoms with Gasteiger partial charge >= 0.3 is 6.03 Å². The Hall–Kier alpha value is -4.57. The SMILES string of the molecule is Cc1cc(Oc2ccc(NC(=O)NC(=O)c3c(F)cccc3F)c(Oc3ccccc3)c2)c(C)c(Cl)c1Sc1ccc(Cl)cc1. The lowest BCUT2D eigenvalue weighted by atomic mass is 10.1. The van der Waals surface area contributed by atoms with Gasteiger partial charge in [-0.15, -0.1) is 0 Å². The van der Waals surface area contributed by atoms with Crippen molar-refractivity contribution in [1.29, 1.82) is 0 Å². The lowest BCUT2D eigenvalue weighted by molar-refractivity contribution is 0.0959. The summed E-state index contributed by atoms with van der Waals surface area (Å²) in [5.41, 5.74) is 0.891. The smallest absolute Gasteiger partial charge is 0.326 e. The molecule has 0 atom stereocenters. The number of anilines is 1. The molecule has 0 spiro atoms. The minimum atomic E-state index is -1.24. The molecule has 0 fully saturated rings. The molecule has 0 aliphatic rings. The van der Waals surface area contributed by atoms with E-state index in [1.165, 1.54) is 17.8 Å². The number of carbonyl (C=O) groups excluding carboxylic acids is 2. The molecule has 5 aromatic rings. The molecule has 3 amide bonds. The Morgan fingerprint density at radius 2 is 1.42 bits per heavy atom. The molecule has 11 heteroatoms. The predicted molar refractivity (Wildman–Crippen MR) is 172 cm³/mol. The molecule has 2 N–H and O–H groups in total. The Morgan fingerprint density at radius 1 is 0.756 bits per heavy atom. The second kappa shape index (κ2) is 14.0. The summed E-state index contributed by atoms with van der Waals surface area (Å²) >= 11 is 14.3. The monoisotopic (exact) mass is 664 g/mol. The summed E-state index contributed by atoms with van der Waals surface area (Å²) in [4.78, 5) is 27.0. The molecule has 0 aliphatic heterocycles. The average Bonchev–Trinajstić information content (AvgIpc) is 3.00. The van der Waals surface area contributed by atoms with E-state index >= 15 is 0 Å². The fraction of sp³-hybridized carbons (Fsp3) is 0.0588. The van der Waals surface area contributed by atoms with Crippen LogP contribution in [0.15, 0.2) is 107 Å². The quantitative estimate of drug-likeness (QED) is 0.173. The molecule has 45 heavy (non-hydrogen) atoms. The Bertz CT molecular complexity index is 1870. The van der Waals surface area contributed by atoms with Crippen LogP contribution in [0.25, 0.3) is 0 Å². The Morgan fingerprint density at radius 3 is 2.11 bits per heavy atom. The van der Waals surface area contributed by atoms with E-state index < -0.39 is 29.1 Å². The maximum Gasteiger partial charge on any atom is 0.326 e. The van der Waals surface area contributed by atoms with Crippen LogP contribution < -0.4 is 20.1 Å². The summed E-state index contributed by atoms with van der Waals surface area (Å²) in [6.07, 6.45) is 0. The van der Waals surface area contributed by atoms with Crippen molar-refractivity contribution < 1.29 is 27.8 Å². The Labute approximate surface area is 272 Å². The van der Waals surface area contributed by atoms with Crippen LogP contribution in [0.5, 0.6) is 23.0 Å². The van der Waals surface area contributed by atoms with Crippen LogP contribution in [0.2, 0.25) is 10.0 Å². The third-order valence-electron chi connectivity index (χ3n) is 6.45. The number of urea groups is 1. The van der Waals surface area contributed by atoms with E-state index in [2.05, 4.69) is 5.32 Å². The molecule has 5 rings (SSSR count). The molecule has 0 saturated carbocycles. The molecule has 0 heterocycles. The molecule has 0 saturated heterocycles. The number of hydrogen-bond donors (Lipinski definition) is 2. The number of hydrogen-bond acceptors (Lipinski definition) is 5. The number of ether oxygens (including phenoxy) is 2. The van der Waals surface area contributed by atoms with Gasteiger partial charge in [-0.3, -0.25) is 10.1 Å². The highest BCUT2D eigenvalue weighted by Crippen LogP contribution is 2.43. The van der Waals surface area contributed by atoms with E-state index in [0.717, 1.165) is 33.6 Å². The zero-order valence-electron chi connectivity index (χ0n) is 23.8. The van der Waals surface area contributed by atoms with Crippen LogP contribution in [-0.2, 0) is 0 Å². The van der Waals surface area contributed by atoms with Gasteiger partial charge < -0.3 is 14.8 Å². The zero-order valence-corrected chi connectivity index (χ0v) is 26.1. The molecule has 5 aromatic carbocycles. The summed E-state index contributed by atoms with van der Waals surface area (Å²) in [5, 5.41) is 5.62. The van der Waals surface area contributed by atoms with Gasteiger partial charge in [0.2, 0.25) is 0 Å².